The molecule has 1 saturated heterocycles. The highest BCUT2D eigenvalue weighted by atomic mass is 19.3. The first-order chi connectivity index (χ1) is 11.0. The molecule has 4 nitrogen and oxygen atoms in total. The summed E-state index contributed by atoms with van der Waals surface area (Å²) in [6.07, 6.45) is 2.96. The van der Waals surface area contributed by atoms with Crippen molar-refractivity contribution in [1.82, 2.24) is 4.90 Å². The van der Waals surface area contributed by atoms with E-state index in [0.717, 1.165) is 24.9 Å². The summed E-state index contributed by atoms with van der Waals surface area (Å²) >= 11 is 0. The average molecular weight is 326 g/mol. The Morgan fingerprint density at radius 3 is 2.70 bits per heavy atom. The Labute approximate surface area is 135 Å². The number of carbonyl (C=O) groups is 1. The highest BCUT2D eigenvalue weighted by molar-refractivity contribution is 5.77. The van der Waals surface area contributed by atoms with Gasteiger partial charge in [0.1, 0.15) is 5.75 Å². The summed E-state index contributed by atoms with van der Waals surface area (Å²) in [5, 5.41) is 0. The van der Waals surface area contributed by atoms with Crippen molar-refractivity contribution in [1.29, 1.82) is 0 Å². The number of benzene rings is 1. The van der Waals surface area contributed by atoms with Crippen LogP contribution in [0.3, 0.4) is 0 Å². The topological polar surface area (TPSA) is 55.6 Å². The number of hydrogen-bond acceptors (Lipinski definition) is 3. The summed E-state index contributed by atoms with van der Waals surface area (Å²) in [6.45, 7) is 0.629. The van der Waals surface area contributed by atoms with E-state index in [0.29, 0.717) is 25.3 Å². The van der Waals surface area contributed by atoms with Crippen molar-refractivity contribution < 1.29 is 18.3 Å². The Hall–Kier alpha value is -1.69. The lowest BCUT2D eigenvalue weighted by molar-refractivity contribution is -0.135. The fraction of sp³-hybridized carbons (Fsp3) is 0.588. The van der Waals surface area contributed by atoms with E-state index < -0.39 is 6.61 Å². The molecule has 2 unspecified atom stereocenters. The Morgan fingerprint density at radius 1 is 1.39 bits per heavy atom. The number of amides is 1. The van der Waals surface area contributed by atoms with Crippen molar-refractivity contribution in [3.8, 4) is 5.75 Å². The van der Waals surface area contributed by atoms with Crippen molar-refractivity contribution >= 4 is 5.91 Å². The molecule has 2 N–H and O–H groups in total. The minimum absolute atomic E-state index is 0.111. The number of carbonyl (C=O) groups excluding carboxylic acids is 1. The highest BCUT2D eigenvalue weighted by Crippen LogP contribution is 2.23. The Bertz CT molecular complexity index is 508. The van der Waals surface area contributed by atoms with Gasteiger partial charge in [-0.1, -0.05) is 19.1 Å². The zero-order valence-electron chi connectivity index (χ0n) is 13.4. The SMILES string of the molecule is CC1CCN(C(=O)CCc2ccc(OC(F)F)cc2)C(CN)C1. The first-order valence-electron chi connectivity index (χ1n) is 8.03. The first-order valence-corrected chi connectivity index (χ1v) is 8.03. The molecule has 2 atom stereocenters. The van der Waals surface area contributed by atoms with E-state index in [-0.39, 0.29) is 17.7 Å². The van der Waals surface area contributed by atoms with Gasteiger partial charge in [-0.3, -0.25) is 4.79 Å². The summed E-state index contributed by atoms with van der Waals surface area (Å²) in [4.78, 5) is 14.3. The molecule has 0 aliphatic carbocycles. The number of piperidine rings is 1. The van der Waals surface area contributed by atoms with Gasteiger partial charge < -0.3 is 15.4 Å². The maximum Gasteiger partial charge on any atom is 0.387 e. The van der Waals surface area contributed by atoms with Crippen LogP contribution in [0.5, 0.6) is 5.75 Å². The second-order valence-electron chi connectivity index (χ2n) is 6.13. The molecule has 0 radical (unpaired) electrons. The van der Waals surface area contributed by atoms with E-state index in [1.54, 1.807) is 12.1 Å². The monoisotopic (exact) mass is 326 g/mol. The normalized spacial score (nSPS) is 21.5. The Morgan fingerprint density at radius 2 is 2.09 bits per heavy atom. The van der Waals surface area contributed by atoms with Gasteiger partial charge in [0.25, 0.3) is 0 Å². The number of nitrogens with zero attached hydrogens (tertiary/aromatic N) is 1. The molecule has 0 bridgehead atoms. The fourth-order valence-corrected chi connectivity index (χ4v) is 3.04. The maximum atomic E-state index is 12.4. The highest BCUT2D eigenvalue weighted by Gasteiger charge is 2.28. The lowest BCUT2D eigenvalue weighted by atomic mass is 9.92. The number of hydrogen-bond donors (Lipinski definition) is 1. The summed E-state index contributed by atoms with van der Waals surface area (Å²) < 4.78 is 28.5. The molecule has 0 spiro atoms. The van der Waals surface area contributed by atoms with Crippen LogP contribution in [0, 0.1) is 5.92 Å². The lowest BCUT2D eigenvalue weighted by Crippen LogP contribution is -2.49. The molecule has 2 rings (SSSR count). The van der Waals surface area contributed by atoms with E-state index in [4.69, 9.17) is 5.73 Å². The van der Waals surface area contributed by atoms with Crippen LogP contribution in [0.25, 0.3) is 0 Å². The van der Waals surface area contributed by atoms with Crippen molar-refractivity contribution in [3.05, 3.63) is 29.8 Å². The second kappa shape index (κ2) is 8.24. The minimum atomic E-state index is -2.82. The average Bonchev–Trinajstić information content (AvgIpc) is 2.53. The molecule has 0 saturated carbocycles. The molecule has 1 amide bonds. The maximum absolute atomic E-state index is 12.4. The van der Waals surface area contributed by atoms with E-state index in [1.807, 2.05) is 4.90 Å². The number of alkyl halides is 2. The predicted octanol–water partition coefficient (Wildman–Crippen LogP) is 2.81. The van der Waals surface area contributed by atoms with Crippen LogP contribution >= 0.6 is 0 Å². The van der Waals surface area contributed by atoms with Crippen molar-refractivity contribution in [2.45, 2.75) is 45.3 Å². The molecule has 1 aromatic rings. The third kappa shape index (κ3) is 5.16. The number of nitrogens with two attached hydrogens (primary N) is 1. The second-order valence-corrected chi connectivity index (χ2v) is 6.13. The molecular formula is C17H24F2N2O2. The Balaban J connectivity index is 1.86. The zero-order valence-corrected chi connectivity index (χ0v) is 13.4. The summed E-state index contributed by atoms with van der Waals surface area (Å²) in [7, 11) is 0. The Kier molecular flexibility index (Phi) is 6.33. The van der Waals surface area contributed by atoms with Crippen LogP contribution in [0.4, 0.5) is 8.78 Å². The minimum Gasteiger partial charge on any atom is -0.435 e. The standard InChI is InChI=1S/C17H24F2N2O2/c1-12-8-9-21(14(10-12)11-20)16(22)7-4-13-2-5-15(6-3-13)23-17(18)19/h2-3,5-6,12,14,17H,4,7-11,20H2,1H3. The van der Waals surface area contributed by atoms with Crippen LogP contribution in [0.15, 0.2) is 24.3 Å². The number of aryl methyl sites for hydroxylation is 1. The van der Waals surface area contributed by atoms with Gasteiger partial charge in [-0.2, -0.15) is 8.78 Å². The lowest BCUT2D eigenvalue weighted by Gasteiger charge is -2.38. The summed E-state index contributed by atoms with van der Waals surface area (Å²) in [6, 6.07) is 6.55. The van der Waals surface area contributed by atoms with Crippen LogP contribution in [0.1, 0.15) is 31.7 Å². The van der Waals surface area contributed by atoms with Crippen LogP contribution in [-0.4, -0.2) is 36.5 Å². The molecule has 6 heteroatoms. The van der Waals surface area contributed by atoms with E-state index in [2.05, 4.69) is 11.7 Å². The third-order valence-electron chi connectivity index (χ3n) is 4.35. The van der Waals surface area contributed by atoms with Gasteiger partial charge in [0.15, 0.2) is 0 Å². The molecular weight excluding hydrogens is 302 g/mol. The molecule has 1 aromatic carbocycles. The quantitative estimate of drug-likeness (QED) is 0.874. The summed E-state index contributed by atoms with van der Waals surface area (Å²) in [5.41, 5.74) is 6.71. The molecule has 23 heavy (non-hydrogen) atoms. The van der Waals surface area contributed by atoms with Crippen LogP contribution in [0.2, 0.25) is 0 Å². The number of ether oxygens (including phenoxy) is 1. The number of halogens is 2. The molecule has 1 aliphatic heterocycles. The predicted molar refractivity (Wildman–Crippen MR) is 84.3 cm³/mol. The molecule has 128 valence electrons. The molecule has 1 heterocycles. The van der Waals surface area contributed by atoms with Gasteiger partial charge in [0.2, 0.25) is 5.91 Å². The van der Waals surface area contributed by atoms with Crippen molar-refractivity contribution in [2.24, 2.45) is 11.7 Å². The van der Waals surface area contributed by atoms with Gasteiger partial charge in [0.05, 0.1) is 0 Å². The largest absolute Gasteiger partial charge is 0.435 e. The number of likely N-dealkylation sites (tertiary alicyclic amines) is 1. The molecule has 0 aromatic heterocycles. The first kappa shape index (κ1) is 17.7. The number of rotatable bonds is 6. The van der Waals surface area contributed by atoms with Crippen LogP contribution < -0.4 is 10.5 Å². The van der Waals surface area contributed by atoms with Crippen molar-refractivity contribution in [2.75, 3.05) is 13.1 Å². The smallest absolute Gasteiger partial charge is 0.387 e. The van der Waals surface area contributed by atoms with E-state index in [9.17, 15) is 13.6 Å². The van der Waals surface area contributed by atoms with E-state index >= 15 is 0 Å². The zero-order chi connectivity index (χ0) is 16.8. The fourth-order valence-electron chi connectivity index (χ4n) is 3.04. The summed E-state index contributed by atoms with van der Waals surface area (Å²) in [5.74, 6) is 0.846. The molecule has 1 fully saturated rings. The van der Waals surface area contributed by atoms with Gasteiger partial charge in [-0.25, -0.2) is 0 Å². The van der Waals surface area contributed by atoms with Gasteiger partial charge in [-0.05, 0) is 42.9 Å². The third-order valence-corrected chi connectivity index (χ3v) is 4.35. The van der Waals surface area contributed by atoms with Gasteiger partial charge >= 0.3 is 6.61 Å². The van der Waals surface area contributed by atoms with Crippen molar-refractivity contribution in [3.63, 3.8) is 0 Å². The van der Waals surface area contributed by atoms with E-state index in [1.165, 1.54) is 12.1 Å². The van der Waals surface area contributed by atoms with Crippen LogP contribution in [-0.2, 0) is 11.2 Å². The van der Waals surface area contributed by atoms with Gasteiger partial charge in [-0.15, -0.1) is 0 Å². The van der Waals surface area contributed by atoms with Gasteiger partial charge in [0, 0.05) is 25.6 Å². The molecule has 1 aliphatic rings.